The zero-order chi connectivity index (χ0) is 35.3. The number of hydrogen-bond donors (Lipinski definition) is 4. The van der Waals surface area contributed by atoms with E-state index in [-0.39, 0.29) is 28.5 Å². The molecule has 11 nitrogen and oxygen atoms in total. The van der Waals surface area contributed by atoms with Crippen molar-refractivity contribution in [1.82, 2.24) is 20.1 Å². The molecule has 258 valence electrons. The first-order valence-corrected chi connectivity index (χ1v) is 17.4. The Labute approximate surface area is 283 Å². The van der Waals surface area contributed by atoms with Gasteiger partial charge in [0, 0.05) is 50.6 Å². The summed E-state index contributed by atoms with van der Waals surface area (Å²) < 4.78 is 26.6. The highest BCUT2D eigenvalue weighted by atomic mass is 31.2. The molecule has 2 aromatic carbocycles. The summed E-state index contributed by atoms with van der Waals surface area (Å²) in [5, 5.41) is 12.6. The van der Waals surface area contributed by atoms with Crippen LogP contribution in [0.3, 0.4) is 0 Å². The molecule has 1 atom stereocenters. The first-order chi connectivity index (χ1) is 22.8. The lowest BCUT2D eigenvalue weighted by Crippen LogP contribution is -2.22. The van der Waals surface area contributed by atoms with Crippen LogP contribution in [0.2, 0.25) is 0 Å². The Morgan fingerprint density at radius 1 is 1.00 bits per heavy atom. The molecule has 1 aliphatic carbocycles. The maximum Gasteiger partial charge on any atom is 0.324 e. The molecule has 5 rings (SSSR count). The van der Waals surface area contributed by atoms with Gasteiger partial charge in [-0.3, -0.25) is 15.1 Å². The van der Waals surface area contributed by atoms with E-state index in [0.717, 1.165) is 29.4 Å². The largest absolute Gasteiger partial charge is 0.457 e. The van der Waals surface area contributed by atoms with Gasteiger partial charge < -0.3 is 24.8 Å². The van der Waals surface area contributed by atoms with Gasteiger partial charge in [-0.15, -0.1) is 0 Å². The van der Waals surface area contributed by atoms with Gasteiger partial charge >= 0.3 is 6.03 Å². The fourth-order valence-corrected chi connectivity index (χ4v) is 3.99. The molecular formula is C35H46FN6O5P. The summed E-state index contributed by atoms with van der Waals surface area (Å²) in [5.74, 6) is -0.0997. The second kappa shape index (κ2) is 18.2. The van der Waals surface area contributed by atoms with Crippen molar-refractivity contribution in [2.24, 2.45) is 0 Å². The fraction of sp³-hybridized carbons (Fsp3) is 0.371. The van der Waals surface area contributed by atoms with Crippen molar-refractivity contribution in [3.63, 3.8) is 0 Å². The highest BCUT2D eigenvalue weighted by molar-refractivity contribution is 7.45. The van der Waals surface area contributed by atoms with Gasteiger partial charge in [-0.25, -0.2) is 13.9 Å². The van der Waals surface area contributed by atoms with Crippen LogP contribution in [-0.2, 0) is 16.4 Å². The van der Waals surface area contributed by atoms with Crippen molar-refractivity contribution in [3.05, 3.63) is 89.6 Å². The molecule has 1 saturated carbocycles. The van der Waals surface area contributed by atoms with E-state index in [1.807, 2.05) is 51.1 Å². The predicted octanol–water partition coefficient (Wildman–Crippen LogP) is 8.19. The van der Waals surface area contributed by atoms with Gasteiger partial charge in [0.1, 0.15) is 28.8 Å². The molecule has 4 aromatic rings. The van der Waals surface area contributed by atoms with Crippen molar-refractivity contribution >= 4 is 31.8 Å². The Balaban J connectivity index is 0.000000606. The highest BCUT2D eigenvalue weighted by Gasteiger charge is 2.22. The zero-order valence-corrected chi connectivity index (χ0v) is 29.5. The first kappa shape index (κ1) is 38.1. The van der Waals surface area contributed by atoms with Gasteiger partial charge in [-0.2, -0.15) is 5.10 Å². The standard InChI is InChI=1S/C29H31FN6O3.C4H8.C2H7O2P/c1-6-18-8-7-9-19(14-18)36-26(17-25(35-36)29(2,3)4)34-28(38)33-23-11-10-20(15-22(23)30)39-21-12-13-32-24(16-21)27(37)31-5;1-2-4-3-1;1-4-5(2)3/h7-17H,6H2,1-5H3,(H,31,37)(H2,33,34,38);1-4H2;3H,1-2H3. The van der Waals surface area contributed by atoms with E-state index in [4.69, 9.17) is 14.7 Å². The fourth-order valence-electron chi connectivity index (χ4n) is 3.99. The number of pyridine rings is 1. The minimum absolute atomic E-state index is 0.0317. The molecule has 2 heterocycles. The molecule has 1 fully saturated rings. The second-order valence-electron chi connectivity index (χ2n) is 11.9. The Morgan fingerprint density at radius 2 is 1.67 bits per heavy atom. The Kier molecular flexibility index (Phi) is 14.5. The van der Waals surface area contributed by atoms with E-state index in [9.17, 15) is 14.0 Å². The number of amides is 3. The van der Waals surface area contributed by atoms with Gasteiger partial charge in [-0.05, 0) is 42.3 Å². The van der Waals surface area contributed by atoms with E-state index in [2.05, 4.69) is 32.4 Å². The monoisotopic (exact) mass is 680 g/mol. The molecule has 0 aliphatic heterocycles. The van der Waals surface area contributed by atoms with E-state index in [1.165, 1.54) is 64.2 Å². The second-order valence-corrected chi connectivity index (χ2v) is 13.2. The first-order valence-electron chi connectivity index (χ1n) is 15.7. The summed E-state index contributed by atoms with van der Waals surface area (Å²) >= 11 is 0. The SMILES string of the molecule is C1CCC1.CCc1cccc(-n2nc(C(C)(C)C)cc2NC(=O)Nc2ccc(Oc3ccnc(C(=O)NC)c3)cc2F)c1.COP(C)O. The summed E-state index contributed by atoms with van der Waals surface area (Å²) in [6, 6.07) is 16.1. The number of hydrogen-bond acceptors (Lipinski definition) is 7. The van der Waals surface area contributed by atoms with Crippen LogP contribution in [0.25, 0.3) is 5.69 Å². The van der Waals surface area contributed by atoms with E-state index in [0.29, 0.717) is 11.6 Å². The average Bonchev–Trinajstić information content (AvgIpc) is 3.46. The van der Waals surface area contributed by atoms with Gasteiger partial charge in [-0.1, -0.05) is 65.5 Å². The maximum atomic E-state index is 14.9. The minimum atomic E-state index is -1.10. The summed E-state index contributed by atoms with van der Waals surface area (Å²) in [5.41, 5.74) is 2.62. The zero-order valence-electron chi connectivity index (χ0n) is 28.6. The number of anilines is 2. The molecule has 13 heteroatoms. The van der Waals surface area contributed by atoms with Crippen LogP contribution in [0.5, 0.6) is 11.5 Å². The maximum absolute atomic E-state index is 14.9. The number of aromatic nitrogens is 3. The lowest BCUT2D eigenvalue weighted by Gasteiger charge is -2.14. The predicted molar refractivity (Wildman–Crippen MR) is 189 cm³/mol. The van der Waals surface area contributed by atoms with Crippen LogP contribution >= 0.6 is 8.38 Å². The Hall–Kier alpha value is -4.38. The molecule has 0 bridgehead atoms. The normalized spacial score (nSPS) is 12.6. The molecule has 48 heavy (non-hydrogen) atoms. The average molecular weight is 681 g/mol. The summed E-state index contributed by atoms with van der Waals surface area (Å²) in [4.78, 5) is 36.9. The molecule has 4 N–H and O–H groups in total. The van der Waals surface area contributed by atoms with Crippen molar-refractivity contribution in [2.75, 3.05) is 31.5 Å². The van der Waals surface area contributed by atoms with Crippen molar-refractivity contribution in [1.29, 1.82) is 0 Å². The number of nitrogens with zero attached hydrogens (tertiary/aromatic N) is 3. The number of carbonyl (C=O) groups excluding carboxylic acids is 2. The van der Waals surface area contributed by atoms with Crippen molar-refractivity contribution in [2.45, 2.75) is 65.2 Å². The molecule has 1 unspecified atom stereocenters. The van der Waals surface area contributed by atoms with Gasteiger partial charge in [0.15, 0.2) is 8.38 Å². The number of rotatable bonds is 8. The third-order valence-electron chi connectivity index (χ3n) is 7.16. The molecule has 3 amide bonds. The van der Waals surface area contributed by atoms with Crippen LogP contribution in [0.1, 0.15) is 75.1 Å². The molecule has 0 spiro atoms. The number of benzene rings is 2. The molecule has 0 radical (unpaired) electrons. The molecule has 2 aromatic heterocycles. The lowest BCUT2D eigenvalue weighted by atomic mass is 9.92. The number of ether oxygens (including phenoxy) is 1. The smallest absolute Gasteiger partial charge is 0.324 e. The van der Waals surface area contributed by atoms with Gasteiger partial charge in [0.2, 0.25) is 0 Å². The van der Waals surface area contributed by atoms with Crippen LogP contribution in [0, 0.1) is 5.82 Å². The van der Waals surface area contributed by atoms with Crippen LogP contribution < -0.4 is 20.7 Å². The Bertz CT molecular complexity index is 1650. The number of carbonyl (C=O) groups is 2. The molecule has 1 aliphatic rings. The van der Waals surface area contributed by atoms with Gasteiger partial charge in [0.25, 0.3) is 5.91 Å². The van der Waals surface area contributed by atoms with Crippen molar-refractivity contribution < 1.29 is 28.1 Å². The Morgan fingerprint density at radius 3 is 2.23 bits per heavy atom. The number of halogens is 1. The third-order valence-corrected chi connectivity index (χ3v) is 7.69. The molecular weight excluding hydrogens is 634 g/mol. The topological polar surface area (TPSA) is 140 Å². The van der Waals surface area contributed by atoms with Gasteiger partial charge in [0.05, 0.1) is 17.1 Å². The minimum Gasteiger partial charge on any atom is -0.457 e. The van der Waals surface area contributed by atoms with E-state index in [1.54, 1.807) is 17.4 Å². The lowest BCUT2D eigenvalue weighted by molar-refractivity contribution is 0.0957. The molecule has 0 saturated heterocycles. The third kappa shape index (κ3) is 11.7. The highest BCUT2D eigenvalue weighted by Crippen LogP contribution is 2.28. The summed E-state index contributed by atoms with van der Waals surface area (Å²) in [6.07, 6.45) is 8.28. The summed E-state index contributed by atoms with van der Waals surface area (Å²) in [6.45, 7) is 9.80. The van der Waals surface area contributed by atoms with E-state index < -0.39 is 20.2 Å². The van der Waals surface area contributed by atoms with Crippen LogP contribution in [0.15, 0.2) is 66.9 Å². The summed E-state index contributed by atoms with van der Waals surface area (Å²) in [7, 11) is 1.88. The van der Waals surface area contributed by atoms with Crippen molar-refractivity contribution in [3.8, 4) is 17.2 Å². The quantitative estimate of drug-likeness (QED) is 0.138. The number of aryl methyl sites for hydroxylation is 1. The number of urea groups is 1. The number of nitrogens with one attached hydrogen (secondary N) is 3. The van der Waals surface area contributed by atoms with Crippen LogP contribution in [-0.4, -0.2) is 52.4 Å². The van der Waals surface area contributed by atoms with E-state index >= 15 is 0 Å². The van der Waals surface area contributed by atoms with Crippen LogP contribution in [0.4, 0.5) is 20.7 Å².